The van der Waals surface area contributed by atoms with Crippen molar-refractivity contribution >= 4 is 23.7 Å². The number of pyridine rings is 1. The predicted octanol–water partition coefficient (Wildman–Crippen LogP) is 2.78. The van der Waals surface area contributed by atoms with Crippen LogP contribution in [0.25, 0.3) is 17.1 Å². The fourth-order valence-corrected chi connectivity index (χ4v) is 3.71. The molecule has 150 valence electrons. The van der Waals surface area contributed by atoms with Gasteiger partial charge in [-0.2, -0.15) is 0 Å². The molecule has 0 bridgehead atoms. The molecule has 0 aliphatic rings. The Hall–Kier alpha value is -3.27. The van der Waals surface area contributed by atoms with Crippen LogP contribution in [0, 0.1) is 11.7 Å². The number of hydrogen-bond acceptors (Lipinski definition) is 6. The van der Waals surface area contributed by atoms with Crippen LogP contribution in [0.15, 0.2) is 53.9 Å². The van der Waals surface area contributed by atoms with Crippen molar-refractivity contribution in [1.29, 1.82) is 0 Å². The quantitative estimate of drug-likeness (QED) is 0.599. The summed E-state index contributed by atoms with van der Waals surface area (Å²) in [5.41, 5.74) is 6.47. The summed E-state index contributed by atoms with van der Waals surface area (Å²) in [5.74, 6) is -0.500. The molecule has 0 aliphatic carbocycles. The van der Waals surface area contributed by atoms with Gasteiger partial charge in [-0.05, 0) is 42.3 Å². The Morgan fingerprint density at radius 1 is 1.10 bits per heavy atom. The van der Waals surface area contributed by atoms with Crippen molar-refractivity contribution in [3.05, 3.63) is 54.6 Å². The van der Waals surface area contributed by atoms with Gasteiger partial charge in [0.1, 0.15) is 5.82 Å². The van der Waals surface area contributed by atoms with E-state index in [-0.39, 0.29) is 11.7 Å². The Labute approximate surface area is 170 Å². The molecule has 10 heteroatoms. The number of carbonyl (C=O) groups excluding carboxylic acids is 2. The highest BCUT2D eigenvalue weighted by molar-refractivity contribution is 8.00. The van der Waals surface area contributed by atoms with Crippen molar-refractivity contribution in [2.45, 2.75) is 24.3 Å². The molecule has 3 N–H and O–H groups in total. The highest BCUT2D eigenvalue weighted by Crippen LogP contribution is 2.32. The van der Waals surface area contributed by atoms with Gasteiger partial charge in [-0.3, -0.25) is 19.7 Å². The predicted molar refractivity (Wildman–Crippen MR) is 107 cm³/mol. The lowest BCUT2D eigenvalue weighted by Crippen LogP contribution is -2.42. The van der Waals surface area contributed by atoms with E-state index >= 15 is 0 Å². The summed E-state index contributed by atoms with van der Waals surface area (Å²) in [6, 6.07) is 8.50. The molecular formula is C19H19FN6O2S. The smallest absolute Gasteiger partial charge is 0.318 e. The molecule has 3 amide bonds. The van der Waals surface area contributed by atoms with Crippen LogP contribution in [0.5, 0.6) is 0 Å². The molecule has 8 nitrogen and oxygen atoms in total. The van der Waals surface area contributed by atoms with Crippen molar-refractivity contribution in [3.63, 3.8) is 0 Å². The maximum Gasteiger partial charge on any atom is 0.318 e. The van der Waals surface area contributed by atoms with Crippen LogP contribution < -0.4 is 11.1 Å². The highest BCUT2D eigenvalue weighted by Gasteiger charge is 2.28. The van der Waals surface area contributed by atoms with E-state index in [0.29, 0.717) is 16.7 Å². The Morgan fingerprint density at radius 2 is 1.76 bits per heavy atom. The number of halogens is 1. The van der Waals surface area contributed by atoms with Crippen molar-refractivity contribution < 1.29 is 14.0 Å². The van der Waals surface area contributed by atoms with Gasteiger partial charge < -0.3 is 5.73 Å². The first-order valence-electron chi connectivity index (χ1n) is 8.75. The van der Waals surface area contributed by atoms with Gasteiger partial charge in [0.2, 0.25) is 5.91 Å². The number of amides is 3. The molecule has 0 saturated heterocycles. The van der Waals surface area contributed by atoms with E-state index in [2.05, 4.69) is 20.5 Å². The zero-order chi connectivity index (χ0) is 21.0. The average molecular weight is 414 g/mol. The number of primary amides is 1. The summed E-state index contributed by atoms with van der Waals surface area (Å²) < 4.78 is 15.2. The number of benzene rings is 1. The van der Waals surface area contributed by atoms with E-state index in [4.69, 9.17) is 5.73 Å². The topological polar surface area (TPSA) is 116 Å². The van der Waals surface area contributed by atoms with E-state index in [1.54, 1.807) is 41.2 Å². The zero-order valence-electron chi connectivity index (χ0n) is 15.7. The third-order valence-electron chi connectivity index (χ3n) is 4.00. The molecule has 0 spiro atoms. The number of aromatic nitrogens is 4. The third kappa shape index (κ3) is 4.77. The molecule has 1 aromatic carbocycles. The fourth-order valence-electron chi connectivity index (χ4n) is 2.66. The van der Waals surface area contributed by atoms with Crippen LogP contribution in [0.2, 0.25) is 0 Å². The maximum absolute atomic E-state index is 13.4. The second-order valence-electron chi connectivity index (χ2n) is 6.49. The number of nitrogens with zero attached hydrogens (tertiary/aromatic N) is 4. The number of imide groups is 1. The van der Waals surface area contributed by atoms with Gasteiger partial charge in [-0.15, -0.1) is 10.2 Å². The molecule has 1 atom stereocenters. The van der Waals surface area contributed by atoms with Crippen LogP contribution in [0.1, 0.15) is 13.8 Å². The highest BCUT2D eigenvalue weighted by atomic mass is 32.2. The van der Waals surface area contributed by atoms with Crippen LogP contribution in [0.4, 0.5) is 9.18 Å². The Balaban J connectivity index is 2.06. The molecule has 0 radical (unpaired) electrons. The van der Waals surface area contributed by atoms with Gasteiger partial charge >= 0.3 is 6.03 Å². The zero-order valence-corrected chi connectivity index (χ0v) is 16.6. The SMILES string of the molecule is CC(C)C(Sc1nnc(-c2ccncc2)n1-c1ccc(F)cc1)C(=O)NC(N)=O. The van der Waals surface area contributed by atoms with Crippen LogP contribution in [-0.4, -0.2) is 36.9 Å². The third-order valence-corrected chi connectivity index (χ3v) is 5.49. The number of rotatable bonds is 6. The lowest BCUT2D eigenvalue weighted by Gasteiger charge is -2.19. The average Bonchev–Trinajstić information content (AvgIpc) is 3.10. The van der Waals surface area contributed by atoms with Gasteiger partial charge in [0.25, 0.3) is 0 Å². The van der Waals surface area contributed by atoms with E-state index in [0.717, 1.165) is 17.3 Å². The first-order chi connectivity index (χ1) is 13.9. The van der Waals surface area contributed by atoms with E-state index in [1.165, 1.54) is 12.1 Å². The largest absolute Gasteiger partial charge is 0.351 e. The summed E-state index contributed by atoms with van der Waals surface area (Å²) in [6.45, 7) is 3.70. The molecule has 0 saturated carbocycles. The van der Waals surface area contributed by atoms with Crippen LogP contribution >= 0.6 is 11.8 Å². The molecule has 0 fully saturated rings. The molecule has 2 aromatic heterocycles. The number of thioether (sulfide) groups is 1. The van der Waals surface area contributed by atoms with Gasteiger partial charge in [0.05, 0.1) is 5.25 Å². The second kappa shape index (κ2) is 8.82. The van der Waals surface area contributed by atoms with Gasteiger partial charge in [-0.25, -0.2) is 9.18 Å². The molecule has 1 unspecified atom stereocenters. The lowest BCUT2D eigenvalue weighted by molar-refractivity contribution is -0.120. The standard InChI is InChI=1S/C19H19FN6O2S/c1-11(2)15(17(27)23-18(21)28)29-19-25-24-16(12-7-9-22-10-8-12)26(19)14-5-3-13(20)4-6-14/h3-11,15H,1-2H3,(H3,21,23,27,28). The monoisotopic (exact) mass is 414 g/mol. The first kappa shape index (κ1) is 20.5. The van der Waals surface area contributed by atoms with Crippen LogP contribution in [-0.2, 0) is 4.79 Å². The number of nitrogens with two attached hydrogens (primary N) is 1. The number of nitrogens with one attached hydrogen (secondary N) is 1. The lowest BCUT2D eigenvalue weighted by atomic mass is 10.1. The molecule has 2 heterocycles. The maximum atomic E-state index is 13.4. The summed E-state index contributed by atoms with van der Waals surface area (Å²) in [6.07, 6.45) is 3.26. The van der Waals surface area contributed by atoms with Gasteiger partial charge in [0, 0.05) is 23.6 Å². The summed E-state index contributed by atoms with van der Waals surface area (Å²) in [5, 5.41) is 10.4. The molecule has 0 aliphatic heterocycles. The molecule has 3 aromatic rings. The number of hydrogen-bond donors (Lipinski definition) is 2. The van der Waals surface area contributed by atoms with Crippen molar-refractivity contribution in [2.75, 3.05) is 0 Å². The number of carbonyl (C=O) groups is 2. The Bertz CT molecular complexity index is 1010. The molecular weight excluding hydrogens is 395 g/mol. The van der Waals surface area contributed by atoms with Crippen LogP contribution in [0.3, 0.4) is 0 Å². The number of urea groups is 1. The van der Waals surface area contributed by atoms with E-state index in [9.17, 15) is 14.0 Å². The Kier molecular flexibility index (Phi) is 6.23. The van der Waals surface area contributed by atoms with Gasteiger partial charge in [-0.1, -0.05) is 25.6 Å². The van der Waals surface area contributed by atoms with E-state index < -0.39 is 17.2 Å². The first-order valence-corrected chi connectivity index (χ1v) is 9.63. The van der Waals surface area contributed by atoms with E-state index in [1.807, 2.05) is 13.8 Å². The normalized spacial score (nSPS) is 12.0. The van der Waals surface area contributed by atoms with Crippen molar-refractivity contribution in [3.8, 4) is 17.1 Å². The fraction of sp³-hybridized carbons (Fsp3) is 0.211. The second-order valence-corrected chi connectivity index (χ2v) is 7.60. The minimum absolute atomic E-state index is 0.123. The van der Waals surface area contributed by atoms with Crippen molar-refractivity contribution in [2.24, 2.45) is 11.7 Å². The summed E-state index contributed by atoms with van der Waals surface area (Å²) in [4.78, 5) is 27.5. The molecule has 29 heavy (non-hydrogen) atoms. The Morgan fingerprint density at radius 3 is 2.34 bits per heavy atom. The minimum atomic E-state index is -0.918. The summed E-state index contributed by atoms with van der Waals surface area (Å²) >= 11 is 1.15. The molecule has 3 rings (SSSR count). The van der Waals surface area contributed by atoms with Gasteiger partial charge in [0.15, 0.2) is 11.0 Å². The van der Waals surface area contributed by atoms with Crippen molar-refractivity contribution in [1.82, 2.24) is 25.1 Å². The minimum Gasteiger partial charge on any atom is -0.351 e. The summed E-state index contributed by atoms with van der Waals surface area (Å²) in [7, 11) is 0.